The molecule has 9 heteroatoms. The van der Waals surface area contributed by atoms with Crippen LogP contribution in [0.4, 0.5) is 5.69 Å². The predicted molar refractivity (Wildman–Crippen MR) is 146 cm³/mol. The predicted octanol–water partition coefficient (Wildman–Crippen LogP) is 2.15. The molecule has 2 fully saturated rings. The molecule has 1 saturated heterocycles. The Labute approximate surface area is 221 Å². The fourth-order valence-electron chi connectivity index (χ4n) is 5.53. The number of rotatable bonds is 8. The van der Waals surface area contributed by atoms with E-state index in [0.29, 0.717) is 11.1 Å². The van der Waals surface area contributed by atoms with Crippen LogP contribution in [0.2, 0.25) is 0 Å². The Morgan fingerprint density at radius 3 is 2.78 bits per heavy atom. The fourth-order valence-corrected chi connectivity index (χ4v) is 6.61. The van der Waals surface area contributed by atoms with Crippen LogP contribution >= 0.6 is 11.3 Å². The fraction of sp³-hybridized carbons (Fsp3) is 0.500. The second-order valence-electron chi connectivity index (χ2n) is 9.78. The van der Waals surface area contributed by atoms with Crippen LogP contribution in [-0.4, -0.2) is 41.6 Å². The van der Waals surface area contributed by atoms with E-state index in [0.717, 1.165) is 41.8 Å². The first kappa shape index (κ1) is 26.7. The van der Waals surface area contributed by atoms with Gasteiger partial charge in [0, 0.05) is 31.5 Å². The number of nitrogens with zero attached hydrogens (tertiary/aromatic N) is 4. The number of likely N-dealkylation sites (tertiary alicyclic amines) is 1. The monoisotopic (exact) mass is 518 g/mol. The first-order chi connectivity index (χ1) is 18.0. The maximum atomic E-state index is 12.9. The number of piperidine rings is 1. The minimum atomic E-state index is -0.660. The number of hydrogen-bond donors (Lipinski definition) is 2. The number of amides is 1. The highest BCUT2D eigenvalue weighted by atomic mass is 32.1. The molecular weight excluding hydrogens is 484 g/mol. The molecule has 1 aliphatic heterocycles. The highest BCUT2D eigenvalue weighted by molar-refractivity contribution is 7.07. The van der Waals surface area contributed by atoms with E-state index in [1.165, 1.54) is 55.3 Å². The van der Waals surface area contributed by atoms with Crippen LogP contribution in [0.25, 0.3) is 11.8 Å². The van der Waals surface area contributed by atoms with Gasteiger partial charge in [-0.05, 0) is 62.3 Å². The minimum absolute atomic E-state index is 0.168. The first-order valence-corrected chi connectivity index (χ1v) is 13.9. The molecule has 1 saturated carbocycles. The summed E-state index contributed by atoms with van der Waals surface area (Å²) < 4.78 is 2.10. The van der Waals surface area contributed by atoms with E-state index in [-0.39, 0.29) is 22.3 Å². The average molecular weight is 519 g/mol. The Morgan fingerprint density at radius 1 is 1.22 bits per heavy atom. The second-order valence-corrected chi connectivity index (χ2v) is 10.8. The second kappa shape index (κ2) is 12.7. The minimum Gasteiger partial charge on any atom is -0.360 e. The number of aromatic nitrogens is 1. The van der Waals surface area contributed by atoms with Crippen molar-refractivity contribution in [2.75, 3.05) is 31.5 Å². The van der Waals surface area contributed by atoms with Crippen LogP contribution < -0.4 is 25.4 Å². The van der Waals surface area contributed by atoms with Gasteiger partial charge in [-0.3, -0.25) is 14.2 Å². The lowest BCUT2D eigenvalue weighted by atomic mass is 9.75. The maximum Gasteiger partial charge on any atom is 0.270 e. The number of anilines is 1. The maximum absolute atomic E-state index is 12.9. The largest absolute Gasteiger partial charge is 0.360 e. The number of carbonyl (C=O) groups excluding carboxylic acids is 1. The van der Waals surface area contributed by atoms with Crippen LogP contribution in [0.5, 0.6) is 0 Å². The SMILES string of the molecule is CCn1c(=O)/c(=C\Nc2cccc(CCN3CC[C@H]4CCCC[C@@H]4C3)c2)s/c1=C(/C#N)C(=O)NCC#N. The van der Waals surface area contributed by atoms with E-state index in [9.17, 15) is 14.9 Å². The van der Waals surface area contributed by atoms with Gasteiger partial charge in [-0.15, -0.1) is 11.3 Å². The zero-order valence-corrected chi connectivity index (χ0v) is 22.1. The summed E-state index contributed by atoms with van der Waals surface area (Å²) in [5.74, 6) is 1.16. The lowest BCUT2D eigenvalue weighted by Gasteiger charge is -2.41. The molecule has 8 nitrogen and oxygen atoms in total. The van der Waals surface area contributed by atoms with Crippen LogP contribution in [0.1, 0.15) is 44.6 Å². The van der Waals surface area contributed by atoms with Gasteiger partial charge in [-0.2, -0.15) is 10.5 Å². The van der Waals surface area contributed by atoms with Crippen LogP contribution in [0.3, 0.4) is 0 Å². The molecule has 1 aromatic carbocycles. The van der Waals surface area contributed by atoms with E-state index < -0.39 is 5.91 Å². The molecule has 194 valence electrons. The molecule has 37 heavy (non-hydrogen) atoms. The zero-order chi connectivity index (χ0) is 26.2. The van der Waals surface area contributed by atoms with Crippen molar-refractivity contribution >= 4 is 34.7 Å². The summed E-state index contributed by atoms with van der Waals surface area (Å²) in [5, 5.41) is 23.8. The van der Waals surface area contributed by atoms with Crippen LogP contribution in [-0.2, 0) is 17.8 Å². The number of benzene rings is 1. The molecule has 2 atom stereocenters. The molecule has 0 radical (unpaired) electrons. The Morgan fingerprint density at radius 2 is 2.03 bits per heavy atom. The van der Waals surface area contributed by atoms with Crippen molar-refractivity contribution in [2.45, 2.75) is 52.0 Å². The third kappa shape index (κ3) is 6.49. The summed E-state index contributed by atoms with van der Waals surface area (Å²) in [6.07, 6.45) is 9.56. The first-order valence-electron chi connectivity index (χ1n) is 13.1. The number of carbonyl (C=O) groups is 1. The normalized spacial score (nSPS) is 20.9. The third-order valence-corrected chi connectivity index (χ3v) is 8.62. The quantitative estimate of drug-likeness (QED) is 0.518. The van der Waals surface area contributed by atoms with Crippen molar-refractivity contribution in [1.29, 1.82) is 10.5 Å². The molecule has 1 aliphatic carbocycles. The van der Waals surface area contributed by atoms with Crippen molar-refractivity contribution in [1.82, 2.24) is 14.8 Å². The average Bonchev–Trinajstić information content (AvgIpc) is 3.24. The van der Waals surface area contributed by atoms with Gasteiger partial charge in [-0.25, -0.2) is 0 Å². The Bertz CT molecular complexity index is 1380. The van der Waals surface area contributed by atoms with Crippen molar-refractivity contribution in [3.8, 4) is 12.1 Å². The topological polar surface area (TPSA) is 114 Å². The van der Waals surface area contributed by atoms with Crippen LogP contribution in [0, 0.1) is 34.5 Å². The third-order valence-electron chi connectivity index (χ3n) is 7.49. The molecule has 0 bridgehead atoms. The molecule has 4 rings (SSSR count). The molecule has 2 N–H and O–H groups in total. The Hall–Kier alpha value is -3.40. The summed E-state index contributed by atoms with van der Waals surface area (Å²) in [7, 11) is 0. The molecule has 2 aliphatic rings. The molecular formula is C28H34N6O2S. The molecule has 0 unspecified atom stereocenters. The van der Waals surface area contributed by atoms with Gasteiger partial charge in [0.25, 0.3) is 11.5 Å². The van der Waals surface area contributed by atoms with Gasteiger partial charge < -0.3 is 15.5 Å². The molecule has 0 spiro atoms. The Balaban J connectivity index is 1.46. The summed E-state index contributed by atoms with van der Waals surface area (Å²) in [6, 6.07) is 11.9. The van der Waals surface area contributed by atoms with Crippen LogP contribution in [0.15, 0.2) is 29.1 Å². The number of fused-ring (bicyclic) bond motifs is 1. The molecule has 2 aromatic rings. The van der Waals surface area contributed by atoms with E-state index in [2.05, 4.69) is 27.7 Å². The summed E-state index contributed by atoms with van der Waals surface area (Å²) in [4.78, 5) is 27.9. The van der Waals surface area contributed by atoms with E-state index in [1.54, 1.807) is 13.1 Å². The van der Waals surface area contributed by atoms with Gasteiger partial charge in [-0.1, -0.05) is 31.4 Å². The van der Waals surface area contributed by atoms with E-state index >= 15 is 0 Å². The van der Waals surface area contributed by atoms with Crippen molar-refractivity contribution < 1.29 is 4.79 Å². The molecule has 1 aromatic heterocycles. The summed E-state index contributed by atoms with van der Waals surface area (Å²) in [5.41, 5.74) is 1.70. The lowest BCUT2D eigenvalue weighted by molar-refractivity contribution is -0.115. The number of nitrogens with one attached hydrogen (secondary N) is 2. The highest BCUT2D eigenvalue weighted by Gasteiger charge is 2.30. The lowest BCUT2D eigenvalue weighted by Crippen LogP contribution is -2.42. The van der Waals surface area contributed by atoms with Gasteiger partial charge in [0.2, 0.25) is 0 Å². The van der Waals surface area contributed by atoms with Gasteiger partial charge in [0.05, 0.1) is 6.07 Å². The van der Waals surface area contributed by atoms with Crippen molar-refractivity contribution in [2.24, 2.45) is 11.8 Å². The van der Waals surface area contributed by atoms with E-state index in [4.69, 9.17) is 5.26 Å². The number of hydrogen-bond acceptors (Lipinski definition) is 7. The summed E-state index contributed by atoms with van der Waals surface area (Å²) >= 11 is 1.09. The highest BCUT2D eigenvalue weighted by Crippen LogP contribution is 2.36. The summed E-state index contributed by atoms with van der Waals surface area (Å²) in [6.45, 7) is 5.40. The molecule has 2 heterocycles. The van der Waals surface area contributed by atoms with Gasteiger partial charge in [0.15, 0.2) is 5.57 Å². The number of nitriles is 2. The number of thiazole rings is 1. The van der Waals surface area contributed by atoms with Gasteiger partial charge in [0.1, 0.15) is 21.8 Å². The Kier molecular flexibility index (Phi) is 9.16. The standard InChI is InChI=1S/C28H34N6O2S/c1-2-34-27(36)25(37-28(34)24(17-30)26(35)31-13-12-29)18-32-23-9-5-6-20(16-23)10-14-33-15-11-21-7-3-4-8-22(21)19-33/h5-6,9,16,18,21-22,32H,2-4,7-8,10-11,13-15,19H2,1H3,(H,31,35)/b25-18+,28-24-/t21-,22-/m1/s1. The van der Waals surface area contributed by atoms with E-state index in [1.807, 2.05) is 24.3 Å². The van der Waals surface area contributed by atoms with Gasteiger partial charge >= 0.3 is 0 Å². The molecule has 1 amide bonds. The van der Waals surface area contributed by atoms with Crippen molar-refractivity contribution in [3.63, 3.8) is 0 Å². The smallest absolute Gasteiger partial charge is 0.270 e. The zero-order valence-electron chi connectivity index (χ0n) is 21.3. The van der Waals surface area contributed by atoms with Crippen molar-refractivity contribution in [3.05, 3.63) is 49.4 Å².